The summed E-state index contributed by atoms with van der Waals surface area (Å²) in [6.07, 6.45) is 3.16. The van der Waals surface area contributed by atoms with Gasteiger partial charge in [-0.3, -0.25) is 4.79 Å². The van der Waals surface area contributed by atoms with Gasteiger partial charge in [-0.1, -0.05) is 6.92 Å². The van der Waals surface area contributed by atoms with Crippen LogP contribution in [0.15, 0.2) is 0 Å². The van der Waals surface area contributed by atoms with Crippen molar-refractivity contribution in [1.82, 2.24) is 10.6 Å². The number of nitrogens with one attached hydrogen (secondary N) is 2. The summed E-state index contributed by atoms with van der Waals surface area (Å²) in [5.74, 6) is -0.247. The van der Waals surface area contributed by atoms with Gasteiger partial charge in [0.2, 0.25) is 0 Å². The molecule has 1 saturated carbocycles. The van der Waals surface area contributed by atoms with Crippen LogP contribution in [0, 0.1) is 11.3 Å². The molecule has 1 aliphatic carbocycles. The van der Waals surface area contributed by atoms with Gasteiger partial charge >= 0.3 is 12.0 Å². The zero-order valence-electron chi connectivity index (χ0n) is 10.7. The van der Waals surface area contributed by atoms with Crippen molar-refractivity contribution in [2.45, 2.75) is 46.1 Å². The third-order valence-electron chi connectivity index (χ3n) is 3.30. The molecule has 0 bridgehead atoms. The number of carbonyl (C=O) groups excluding carboxylic acids is 1. The number of aliphatic carboxylic acids is 1. The maximum Gasteiger partial charge on any atom is 0.315 e. The first-order chi connectivity index (χ1) is 7.81. The van der Waals surface area contributed by atoms with Crippen LogP contribution in [-0.2, 0) is 4.79 Å². The van der Waals surface area contributed by atoms with E-state index >= 15 is 0 Å². The van der Waals surface area contributed by atoms with Crippen LogP contribution in [0.3, 0.4) is 0 Å². The molecule has 2 amide bonds. The lowest BCUT2D eigenvalue weighted by atomic mass is 9.94. The maximum absolute atomic E-state index is 11.6. The minimum Gasteiger partial charge on any atom is -0.481 e. The maximum atomic E-state index is 11.6. The van der Waals surface area contributed by atoms with Gasteiger partial charge in [0.1, 0.15) is 0 Å². The van der Waals surface area contributed by atoms with Crippen molar-refractivity contribution in [3.8, 4) is 0 Å². The fourth-order valence-electron chi connectivity index (χ4n) is 1.95. The summed E-state index contributed by atoms with van der Waals surface area (Å²) < 4.78 is 0. The summed E-state index contributed by atoms with van der Waals surface area (Å²) in [7, 11) is 0. The highest BCUT2D eigenvalue weighted by Gasteiger charge is 2.28. The van der Waals surface area contributed by atoms with E-state index < -0.39 is 11.4 Å². The first kappa shape index (κ1) is 13.8. The molecule has 0 aromatic carbocycles. The highest BCUT2D eigenvalue weighted by Crippen LogP contribution is 2.24. The number of amides is 2. The first-order valence-corrected chi connectivity index (χ1v) is 6.09. The van der Waals surface area contributed by atoms with E-state index in [4.69, 9.17) is 5.11 Å². The van der Waals surface area contributed by atoms with Gasteiger partial charge in [-0.05, 0) is 39.0 Å². The van der Waals surface area contributed by atoms with Crippen LogP contribution in [0.25, 0.3) is 0 Å². The second-order valence-corrected chi connectivity index (χ2v) is 5.63. The van der Waals surface area contributed by atoms with E-state index in [0.717, 1.165) is 19.3 Å². The van der Waals surface area contributed by atoms with Crippen molar-refractivity contribution in [2.24, 2.45) is 11.3 Å². The molecule has 5 heteroatoms. The number of carboxylic acids is 1. The SMILES string of the molecule is CC1CCC(NC(=O)NCC(C)(C)C(=O)O)C1. The molecule has 2 unspecified atom stereocenters. The number of urea groups is 1. The van der Waals surface area contributed by atoms with Crippen LogP contribution in [0.2, 0.25) is 0 Å². The molecule has 2 atom stereocenters. The zero-order valence-corrected chi connectivity index (χ0v) is 10.7. The molecule has 1 aliphatic rings. The monoisotopic (exact) mass is 242 g/mol. The number of carboxylic acid groups (broad SMARTS) is 1. The van der Waals surface area contributed by atoms with Gasteiger partial charge in [-0.2, -0.15) is 0 Å². The van der Waals surface area contributed by atoms with E-state index in [9.17, 15) is 9.59 Å². The molecular formula is C12H22N2O3. The van der Waals surface area contributed by atoms with Gasteiger partial charge < -0.3 is 15.7 Å². The molecule has 3 N–H and O–H groups in total. The van der Waals surface area contributed by atoms with E-state index in [1.165, 1.54) is 0 Å². The highest BCUT2D eigenvalue weighted by molar-refractivity contribution is 5.77. The van der Waals surface area contributed by atoms with Crippen molar-refractivity contribution in [3.63, 3.8) is 0 Å². The van der Waals surface area contributed by atoms with Crippen LogP contribution in [0.4, 0.5) is 4.79 Å². The average molecular weight is 242 g/mol. The third kappa shape index (κ3) is 4.24. The van der Waals surface area contributed by atoms with Gasteiger partial charge in [0.25, 0.3) is 0 Å². The molecule has 17 heavy (non-hydrogen) atoms. The minimum absolute atomic E-state index is 0.135. The Labute approximate surface area is 102 Å². The molecule has 0 aromatic heterocycles. The Morgan fingerprint density at radius 2 is 2.00 bits per heavy atom. The molecule has 0 saturated heterocycles. The van der Waals surface area contributed by atoms with Crippen LogP contribution < -0.4 is 10.6 Å². The number of hydrogen-bond donors (Lipinski definition) is 3. The Balaban J connectivity index is 2.28. The van der Waals surface area contributed by atoms with Gasteiger partial charge in [0.15, 0.2) is 0 Å². The van der Waals surface area contributed by atoms with Crippen molar-refractivity contribution in [3.05, 3.63) is 0 Å². The molecule has 5 nitrogen and oxygen atoms in total. The quantitative estimate of drug-likeness (QED) is 0.700. The first-order valence-electron chi connectivity index (χ1n) is 6.09. The van der Waals surface area contributed by atoms with Crippen molar-refractivity contribution >= 4 is 12.0 Å². The molecule has 1 rings (SSSR count). The second kappa shape index (κ2) is 5.38. The minimum atomic E-state index is -0.930. The fraction of sp³-hybridized carbons (Fsp3) is 0.833. The van der Waals surface area contributed by atoms with E-state index in [1.807, 2.05) is 0 Å². The van der Waals surface area contributed by atoms with Crippen molar-refractivity contribution in [2.75, 3.05) is 6.54 Å². The Bertz CT molecular complexity index is 302. The molecule has 0 heterocycles. The van der Waals surface area contributed by atoms with E-state index in [1.54, 1.807) is 13.8 Å². The predicted octanol–water partition coefficient (Wildman–Crippen LogP) is 1.59. The van der Waals surface area contributed by atoms with Crippen LogP contribution in [0.1, 0.15) is 40.0 Å². The van der Waals surface area contributed by atoms with E-state index in [-0.39, 0.29) is 18.6 Å². The second-order valence-electron chi connectivity index (χ2n) is 5.63. The summed E-state index contributed by atoms with van der Waals surface area (Å²) >= 11 is 0. The van der Waals surface area contributed by atoms with Crippen molar-refractivity contribution < 1.29 is 14.7 Å². The van der Waals surface area contributed by atoms with Gasteiger partial charge in [0, 0.05) is 12.6 Å². The summed E-state index contributed by atoms with van der Waals surface area (Å²) in [6, 6.07) is -0.0311. The van der Waals surface area contributed by atoms with Crippen LogP contribution >= 0.6 is 0 Å². The summed E-state index contributed by atoms with van der Waals surface area (Å²) in [5, 5.41) is 14.4. The standard InChI is InChI=1S/C12H22N2O3/c1-8-4-5-9(6-8)14-11(17)13-7-12(2,3)10(15)16/h8-9H,4-7H2,1-3H3,(H,15,16)(H2,13,14,17). The van der Waals surface area contributed by atoms with Gasteiger partial charge in [0.05, 0.1) is 5.41 Å². The Morgan fingerprint density at radius 3 is 2.47 bits per heavy atom. The normalized spacial score (nSPS) is 24.4. The number of carbonyl (C=O) groups is 2. The number of hydrogen-bond acceptors (Lipinski definition) is 2. The van der Waals surface area contributed by atoms with Gasteiger partial charge in [-0.25, -0.2) is 4.79 Å². The largest absolute Gasteiger partial charge is 0.481 e. The summed E-state index contributed by atoms with van der Waals surface area (Å²) in [5.41, 5.74) is -0.930. The molecule has 0 radical (unpaired) electrons. The predicted molar refractivity (Wildman–Crippen MR) is 64.8 cm³/mol. The van der Waals surface area contributed by atoms with E-state index in [0.29, 0.717) is 5.92 Å². The zero-order chi connectivity index (χ0) is 13.1. The smallest absolute Gasteiger partial charge is 0.315 e. The van der Waals surface area contributed by atoms with Gasteiger partial charge in [-0.15, -0.1) is 0 Å². The van der Waals surface area contributed by atoms with Crippen LogP contribution in [0.5, 0.6) is 0 Å². The van der Waals surface area contributed by atoms with Crippen LogP contribution in [-0.4, -0.2) is 29.7 Å². The Hall–Kier alpha value is -1.26. The highest BCUT2D eigenvalue weighted by atomic mass is 16.4. The number of rotatable bonds is 4. The molecular weight excluding hydrogens is 220 g/mol. The molecule has 98 valence electrons. The lowest BCUT2D eigenvalue weighted by molar-refractivity contribution is -0.146. The third-order valence-corrected chi connectivity index (χ3v) is 3.30. The molecule has 0 aliphatic heterocycles. The fourth-order valence-corrected chi connectivity index (χ4v) is 1.95. The molecule has 0 aromatic rings. The average Bonchev–Trinajstić information content (AvgIpc) is 2.61. The molecule has 1 fully saturated rings. The molecule has 0 spiro atoms. The topological polar surface area (TPSA) is 78.4 Å². The van der Waals surface area contributed by atoms with Crippen molar-refractivity contribution in [1.29, 1.82) is 0 Å². The Morgan fingerprint density at radius 1 is 1.35 bits per heavy atom. The van der Waals surface area contributed by atoms with E-state index in [2.05, 4.69) is 17.6 Å². The summed E-state index contributed by atoms with van der Waals surface area (Å²) in [4.78, 5) is 22.4. The lowest BCUT2D eigenvalue weighted by Crippen LogP contribution is -2.46. The lowest BCUT2D eigenvalue weighted by Gasteiger charge is -2.20. The Kier molecular flexibility index (Phi) is 4.37. The summed E-state index contributed by atoms with van der Waals surface area (Å²) in [6.45, 7) is 5.49.